The molecule has 1 amide bonds. The van der Waals surface area contributed by atoms with Crippen LogP contribution in [0.3, 0.4) is 0 Å². The highest BCUT2D eigenvalue weighted by Crippen LogP contribution is 2.28. The summed E-state index contributed by atoms with van der Waals surface area (Å²) in [5, 5.41) is 0.166. The van der Waals surface area contributed by atoms with E-state index in [1.165, 1.54) is 15.3 Å². The molecule has 1 aliphatic rings. The van der Waals surface area contributed by atoms with Gasteiger partial charge in [-0.25, -0.2) is 13.2 Å². The van der Waals surface area contributed by atoms with Crippen LogP contribution in [0.2, 0.25) is 5.02 Å². The normalized spacial score (nSPS) is 17.0. The smallest absolute Gasteiger partial charge is 0.410 e. The SMILES string of the molecule is CC(C)(C)OC(=O)N1CCN(S(=O)(=O)c2ccc(Br)cc2Cl)CC1. The summed E-state index contributed by atoms with van der Waals surface area (Å²) in [6.45, 7) is 6.34. The summed E-state index contributed by atoms with van der Waals surface area (Å²) in [4.78, 5) is 13.6. The number of carbonyl (C=O) groups excluding carboxylic acids is 1. The molecule has 1 aromatic rings. The standard InChI is InChI=1S/C15H20BrClN2O4S/c1-15(2,3)23-14(20)18-6-8-19(9-7-18)24(21,22)13-5-4-11(16)10-12(13)17/h4-5,10H,6-9H2,1-3H3. The van der Waals surface area contributed by atoms with E-state index in [-0.39, 0.29) is 36.1 Å². The molecule has 9 heteroatoms. The molecule has 6 nitrogen and oxygen atoms in total. The van der Waals surface area contributed by atoms with E-state index in [4.69, 9.17) is 16.3 Å². The van der Waals surface area contributed by atoms with Crippen molar-refractivity contribution in [2.45, 2.75) is 31.3 Å². The van der Waals surface area contributed by atoms with Gasteiger partial charge in [0.25, 0.3) is 0 Å². The number of ether oxygens (including phenoxy) is 1. The average molecular weight is 440 g/mol. The second kappa shape index (κ2) is 7.19. The number of nitrogens with zero attached hydrogens (tertiary/aromatic N) is 2. The molecule has 24 heavy (non-hydrogen) atoms. The maximum Gasteiger partial charge on any atom is 0.410 e. The maximum absolute atomic E-state index is 12.7. The van der Waals surface area contributed by atoms with Crippen molar-refractivity contribution in [1.29, 1.82) is 0 Å². The first-order chi connectivity index (χ1) is 11.0. The second-order valence-electron chi connectivity index (χ2n) is 6.45. The Balaban J connectivity index is 2.07. The lowest BCUT2D eigenvalue weighted by molar-refractivity contribution is 0.0192. The molecule has 0 aliphatic carbocycles. The molecule has 1 heterocycles. The first-order valence-electron chi connectivity index (χ1n) is 7.44. The molecule has 0 atom stereocenters. The summed E-state index contributed by atoms with van der Waals surface area (Å²) in [5.74, 6) is 0. The second-order valence-corrected chi connectivity index (χ2v) is 9.68. The number of benzene rings is 1. The predicted molar refractivity (Wildman–Crippen MR) is 95.7 cm³/mol. The highest BCUT2D eigenvalue weighted by atomic mass is 79.9. The Kier molecular flexibility index (Phi) is 5.84. The molecular weight excluding hydrogens is 420 g/mol. The largest absolute Gasteiger partial charge is 0.444 e. The molecule has 0 bridgehead atoms. The van der Waals surface area contributed by atoms with Crippen LogP contribution >= 0.6 is 27.5 Å². The molecule has 0 unspecified atom stereocenters. The van der Waals surface area contributed by atoms with Crippen molar-refractivity contribution in [3.8, 4) is 0 Å². The van der Waals surface area contributed by atoms with Gasteiger partial charge in [0.15, 0.2) is 0 Å². The number of sulfonamides is 1. The summed E-state index contributed by atoms with van der Waals surface area (Å²) < 4.78 is 32.8. The minimum Gasteiger partial charge on any atom is -0.444 e. The Hall–Kier alpha value is -0.830. The first-order valence-corrected chi connectivity index (χ1v) is 10.0. The monoisotopic (exact) mass is 438 g/mol. The van der Waals surface area contributed by atoms with Gasteiger partial charge < -0.3 is 9.64 Å². The van der Waals surface area contributed by atoms with Gasteiger partial charge in [0.05, 0.1) is 5.02 Å². The number of rotatable bonds is 2. The van der Waals surface area contributed by atoms with E-state index >= 15 is 0 Å². The molecule has 0 saturated carbocycles. The number of hydrogen-bond acceptors (Lipinski definition) is 4. The van der Waals surface area contributed by atoms with Crippen LogP contribution in [0.1, 0.15) is 20.8 Å². The van der Waals surface area contributed by atoms with Crippen molar-refractivity contribution in [1.82, 2.24) is 9.21 Å². The van der Waals surface area contributed by atoms with Crippen LogP contribution in [0.25, 0.3) is 0 Å². The van der Waals surface area contributed by atoms with Crippen LogP contribution in [-0.4, -0.2) is 55.5 Å². The lowest BCUT2D eigenvalue weighted by Gasteiger charge is -2.35. The fourth-order valence-electron chi connectivity index (χ4n) is 2.26. The van der Waals surface area contributed by atoms with E-state index in [0.717, 1.165) is 0 Å². The highest BCUT2D eigenvalue weighted by Gasteiger charge is 2.32. The summed E-state index contributed by atoms with van der Waals surface area (Å²) in [5.41, 5.74) is -0.578. The zero-order valence-corrected chi connectivity index (χ0v) is 16.9. The predicted octanol–water partition coefficient (Wildman–Crippen LogP) is 3.34. The van der Waals surface area contributed by atoms with E-state index < -0.39 is 21.7 Å². The Morgan fingerprint density at radius 2 is 1.79 bits per heavy atom. The molecule has 1 aliphatic heterocycles. The third-order valence-corrected chi connectivity index (χ3v) is 6.28. The summed E-state index contributed by atoms with van der Waals surface area (Å²) in [7, 11) is -3.69. The summed E-state index contributed by atoms with van der Waals surface area (Å²) >= 11 is 9.32. The molecular formula is C15H20BrClN2O4S. The van der Waals surface area contributed by atoms with Gasteiger partial charge in [-0.2, -0.15) is 4.31 Å². The zero-order valence-electron chi connectivity index (χ0n) is 13.8. The van der Waals surface area contributed by atoms with Crippen molar-refractivity contribution in [2.75, 3.05) is 26.2 Å². The fourth-order valence-corrected chi connectivity index (χ4v) is 4.69. The van der Waals surface area contributed by atoms with Gasteiger partial charge in [-0.05, 0) is 39.0 Å². The summed E-state index contributed by atoms with van der Waals surface area (Å²) in [6, 6.07) is 4.66. The van der Waals surface area contributed by atoms with Crippen molar-refractivity contribution in [3.05, 3.63) is 27.7 Å². The average Bonchev–Trinajstić information content (AvgIpc) is 2.45. The van der Waals surface area contributed by atoms with E-state index in [1.807, 2.05) is 0 Å². The molecule has 0 N–H and O–H groups in total. The minimum atomic E-state index is -3.69. The molecule has 0 aromatic heterocycles. The van der Waals surface area contributed by atoms with Crippen LogP contribution in [0.4, 0.5) is 4.79 Å². The van der Waals surface area contributed by atoms with Gasteiger partial charge >= 0.3 is 6.09 Å². The van der Waals surface area contributed by atoms with Crippen LogP contribution in [-0.2, 0) is 14.8 Å². The van der Waals surface area contributed by atoms with Gasteiger partial charge in [0, 0.05) is 30.7 Å². The van der Waals surface area contributed by atoms with Crippen molar-refractivity contribution >= 4 is 43.6 Å². The van der Waals surface area contributed by atoms with Crippen molar-refractivity contribution in [3.63, 3.8) is 0 Å². The van der Waals surface area contributed by atoms with Gasteiger partial charge in [0.1, 0.15) is 10.5 Å². The quantitative estimate of drug-likeness (QED) is 0.709. The number of halogens is 2. The molecule has 0 radical (unpaired) electrons. The van der Waals surface area contributed by atoms with Gasteiger partial charge in [-0.1, -0.05) is 27.5 Å². The molecule has 1 saturated heterocycles. The fraction of sp³-hybridized carbons (Fsp3) is 0.533. The van der Waals surface area contributed by atoms with E-state index in [1.54, 1.807) is 32.9 Å². The zero-order chi connectivity index (χ0) is 18.1. The van der Waals surface area contributed by atoms with Crippen molar-refractivity contribution < 1.29 is 17.9 Å². The highest BCUT2D eigenvalue weighted by molar-refractivity contribution is 9.10. The number of hydrogen-bond donors (Lipinski definition) is 0. The Bertz CT molecular complexity index is 725. The topological polar surface area (TPSA) is 66.9 Å². The molecule has 1 fully saturated rings. The van der Waals surface area contributed by atoms with Crippen LogP contribution in [0.5, 0.6) is 0 Å². The van der Waals surface area contributed by atoms with Gasteiger partial charge in [0.2, 0.25) is 10.0 Å². The Morgan fingerprint density at radius 3 is 2.29 bits per heavy atom. The van der Waals surface area contributed by atoms with Gasteiger partial charge in [-0.3, -0.25) is 0 Å². The molecule has 1 aromatic carbocycles. The maximum atomic E-state index is 12.7. The molecule has 0 spiro atoms. The van der Waals surface area contributed by atoms with Crippen molar-refractivity contribution in [2.24, 2.45) is 0 Å². The third kappa shape index (κ3) is 4.62. The minimum absolute atomic E-state index is 0.0677. The molecule has 2 rings (SSSR count). The lowest BCUT2D eigenvalue weighted by atomic mass is 10.2. The number of carbonyl (C=O) groups is 1. The third-order valence-electron chi connectivity index (χ3n) is 3.40. The van der Waals surface area contributed by atoms with E-state index in [9.17, 15) is 13.2 Å². The molecule has 134 valence electrons. The van der Waals surface area contributed by atoms with Crippen LogP contribution < -0.4 is 0 Å². The number of piperazine rings is 1. The Labute approximate surface area is 155 Å². The van der Waals surface area contributed by atoms with Gasteiger partial charge in [-0.15, -0.1) is 0 Å². The Morgan fingerprint density at radius 1 is 1.21 bits per heavy atom. The van der Waals surface area contributed by atoms with Crippen LogP contribution in [0, 0.1) is 0 Å². The first kappa shape index (κ1) is 19.5. The van der Waals surface area contributed by atoms with E-state index in [2.05, 4.69) is 15.9 Å². The summed E-state index contributed by atoms with van der Waals surface area (Å²) in [6.07, 6.45) is -0.429. The lowest BCUT2D eigenvalue weighted by Crippen LogP contribution is -2.51. The number of amides is 1. The van der Waals surface area contributed by atoms with Crippen LogP contribution in [0.15, 0.2) is 27.6 Å². The van der Waals surface area contributed by atoms with E-state index in [0.29, 0.717) is 4.47 Å².